The van der Waals surface area contributed by atoms with Crippen LogP contribution in [0.3, 0.4) is 0 Å². The van der Waals surface area contributed by atoms with Gasteiger partial charge in [0, 0.05) is 29.1 Å². The molecule has 1 heterocycles. The average molecular weight is 522 g/mol. The van der Waals surface area contributed by atoms with Crippen molar-refractivity contribution < 1.29 is 17.9 Å². The number of methoxy groups -OCH3 is 1. The molecule has 9 heteroatoms. The van der Waals surface area contributed by atoms with Crippen LogP contribution in [0.15, 0.2) is 83.8 Å². The molecule has 4 aromatic rings. The molecule has 0 aliphatic heterocycles. The van der Waals surface area contributed by atoms with Crippen molar-refractivity contribution in [3.63, 3.8) is 0 Å². The van der Waals surface area contributed by atoms with E-state index >= 15 is 0 Å². The molecule has 36 heavy (non-hydrogen) atoms. The van der Waals surface area contributed by atoms with Crippen molar-refractivity contribution in [3.8, 4) is 17.0 Å². The minimum atomic E-state index is -3.71. The van der Waals surface area contributed by atoms with Crippen LogP contribution in [0.2, 0.25) is 0 Å². The number of aromatic nitrogens is 1. The number of aryl methyl sites for hydroxylation is 1. The summed E-state index contributed by atoms with van der Waals surface area (Å²) in [6.07, 6.45) is 0. The Labute approximate surface area is 215 Å². The largest absolute Gasteiger partial charge is 0.497 e. The highest BCUT2D eigenvalue weighted by molar-refractivity contribution is 7.89. The molecular formula is C27H27N3O4S2. The molecule has 1 aromatic heterocycles. The maximum absolute atomic E-state index is 13.2. The number of hydrogen-bond acceptors (Lipinski definition) is 6. The van der Waals surface area contributed by atoms with E-state index in [2.05, 4.69) is 10.3 Å². The van der Waals surface area contributed by atoms with E-state index in [0.29, 0.717) is 17.2 Å². The van der Waals surface area contributed by atoms with E-state index in [-0.39, 0.29) is 17.3 Å². The van der Waals surface area contributed by atoms with Crippen LogP contribution in [0.25, 0.3) is 11.3 Å². The van der Waals surface area contributed by atoms with Crippen molar-refractivity contribution in [2.45, 2.75) is 25.3 Å². The summed E-state index contributed by atoms with van der Waals surface area (Å²) in [6.45, 7) is 4.36. The number of thiazole rings is 1. The van der Waals surface area contributed by atoms with E-state index in [0.717, 1.165) is 27.4 Å². The van der Waals surface area contributed by atoms with Crippen LogP contribution >= 0.6 is 11.3 Å². The Kier molecular flexibility index (Phi) is 7.83. The number of amides is 1. The van der Waals surface area contributed by atoms with E-state index in [1.54, 1.807) is 14.0 Å². The van der Waals surface area contributed by atoms with E-state index in [1.165, 1.54) is 39.9 Å². The van der Waals surface area contributed by atoms with E-state index in [1.807, 2.05) is 61.5 Å². The number of benzene rings is 3. The number of nitrogens with one attached hydrogen (secondary N) is 1. The highest BCUT2D eigenvalue weighted by atomic mass is 32.2. The molecule has 0 fully saturated rings. The van der Waals surface area contributed by atoms with Gasteiger partial charge < -0.3 is 4.74 Å². The molecule has 0 aliphatic rings. The number of ether oxygens (including phenoxy) is 1. The third-order valence-electron chi connectivity index (χ3n) is 5.69. The normalized spacial score (nSPS) is 11.4. The minimum Gasteiger partial charge on any atom is -0.497 e. The molecular weight excluding hydrogens is 494 g/mol. The summed E-state index contributed by atoms with van der Waals surface area (Å²) in [4.78, 5) is 18.5. The van der Waals surface area contributed by atoms with E-state index in [4.69, 9.17) is 4.74 Å². The SMILES string of the molecule is CCN(Cc1ccccc1)S(=O)(=O)c1ccc(C(=O)Nc2nc(-c3ccc(OC)cc3)c(C)s2)cc1. The van der Waals surface area contributed by atoms with Crippen LogP contribution in [-0.4, -0.2) is 37.3 Å². The number of hydrogen-bond donors (Lipinski definition) is 1. The number of sulfonamides is 1. The first-order valence-electron chi connectivity index (χ1n) is 11.4. The van der Waals surface area contributed by atoms with E-state index in [9.17, 15) is 13.2 Å². The van der Waals surface area contributed by atoms with Gasteiger partial charge in [0.1, 0.15) is 5.75 Å². The van der Waals surface area contributed by atoms with E-state index < -0.39 is 10.0 Å². The highest BCUT2D eigenvalue weighted by Crippen LogP contribution is 2.31. The van der Waals surface area contributed by atoms with Crippen molar-refractivity contribution in [1.29, 1.82) is 0 Å². The van der Waals surface area contributed by atoms with Crippen molar-refractivity contribution >= 4 is 32.4 Å². The highest BCUT2D eigenvalue weighted by Gasteiger charge is 2.23. The Balaban J connectivity index is 1.47. The molecule has 0 spiro atoms. The smallest absolute Gasteiger partial charge is 0.257 e. The van der Waals surface area contributed by atoms with Gasteiger partial charge in [-0.1, -0.05) is 37.3 Å². The lowest BCUT2D eigenvalue weighted by Crippen LogP contribution is -2.30. The van der Waals surface area contributed by atoms with Crippen LogP contribution in [0.5, 0.6) is 5.75 Å². The Morgan fingerprint density at radius 1 is 1.00 bits per heavy atom. The number of rotatable bonds is 9. The molecule has 0 saturated heterocycles. The second kappa shape index (κ2) is 11.0. The summed E-state index contributed by atoms with van der Waals surface area (Å²) in [5.41, 5.74) is 2.97. The van der Waals surface area contributed by atoms with Crippen LogP contribution < -0.4 is 10.1 Å². The lowest BCUT2D eigenvalue weighted by molar-refractivity contribution is 0.102. The standard InChI is InChI=1S/C27H27N3O4S2/c1-4-30(18-20-8-6-5-7-9-20)36(32,33)24-16-12-22(13-17-24)26(31)29-27-28-25(19(2)35-27)21-10-14-23(34-3)15-11-21/h5-17H,4,18H2,1-3H3,(H,28,29,31). The number of carbonyl (C=O) groups excluding carboxylic acids is 1. The number of nitrogens with zero attached hydrogens (tertiary/aromatic N) is 2. The Morgan fingerprint density at radius 2 is 1.67 bits per heavy atom. The maximum Gasteiger partial charge on any atom is 0.257 e. The van der Waals surface area contributed by atoms with Gasteiger partial charge in [0.25, 0.3) is 5.91 Å². The van der Waals surface area contributed by atoms with Crippen molar-refractivity contribution in [3.05, 3.63) is 94.9 Å². The van der Waals surface area contributed by atoms with Crippen LogP contribution in [0, 0.1) is 6.92 Å². The summed E-state index contributed by atoms with van der Waals surface area (Å²) >= 11 is 1.38. The molecule has 1 amide bonds. The van der Waals surface area contributed by atoms with Gasteiger partial charge in [0.15, 0.2) is 5.13 Å². The molecule has 7 nitrogen and oxygen atoms in total. The fraction of sp³-hybridized carbons (Fsp3) is 0.185. The fourth-order valence-corrected chi connectivity index (χ4v) is 5.99. The summed E-state index contributed by atoms with van der Waals surface area (Å²) in [5.74, 6) is 0.401. The topological polar surface area (TPSA) is 88.6 Å². The Bertz CT molecular complexity index is 1430. The van der Waals surface area contributed by atoms with Gasteiger partial charge in [-0.15, -0.1) is 11.3 Å². The molecule has 3 aromatic carbocycles. The molecule has 0 saturated carbocycles. The monoisotopic (exact) mass is 521 g/mol. The van der Waals surface area contributed by atoms with Crippen molar-refractivity contribution in [2.24, 2.45) is 0 Å². The second-order valence-electron chi connectivity index (χ2n) is 8.05. The lowest BCUT2D eigenvalue weighted by Gasteiger charge is -2.20. The first-order valence-corrected chi connectivity index (χ1v) is 13.6. The minimum absolute atomic E-state index is 0.142. The zero-order valence-corrected chi connectivity index (χ0v) is 21.9. The average Bonchev–Trinajstić information content (AvgIpc) is 3.27. The molecule has 4 rings (SSSR count). The fourth-order valence-electron chi connectivity index (χ4n) is 3.72. The van der Waals surface area contributed by atoms with Crippen LogP contribution in [0.1, 0.15) is 27.7 Å². The molecule has 0 atom stereocenters. The zero-order valence-electron chi connectivity index (χ0n) is 20.3. The first-order chi connectivity index (χ1) is 17.3. The van der Waals surface area contributed by atoms with Crippen molar-refractivity contribution in [2.75, 3.05) is 19.0 Å². The summed E-state index contributed by atoms with van der Waals surface area (Å²) in [6, 6.07) is 23.0. The molecule has 0 bridgehead atoms. The second-order valence-corrected chi connectivity index (χ2v) is 11.2. The summed E-state index contributed by atoms with van der Waals surface area (Å²) in [7, 11) is -2.09. The van der Waals surface area contributed by atoms with Gasteiger partial charge in [0.2, 0.25) is 10.0 Å². The van der Waals surface area contributed by atoms with Gasteiger partial charge in [-0.25, -0.2) is 13.4 Å². The summed E-state index contributed by atoms with van der Waals surface area (Å²) < 4.78 is 32.9. The number of carbonyl (C=O) groups is 1. The van der Waals surface area contributed by atoms with Gasteiger partial charge in [-0.05, 0) is 61.0 Å². The molecule has 0 radical (unpaired) electrons. The zero-order chi connectivity index (χ0) is 25.7. The lowest BCUT2D eigenvalue weighted by atomic mass is 10.1. The van der Waals surface area contributed by atoms with Gasteiger partial charge >= 0.3 is 0 Å². The molecule has 186 valence electrons. The summed E-state index contributed by atoms with van der Waals surface area (Å²) in [5, 5.41) is 3.29. The van der Waals surface area contributed by atoms with Gasteiger partial charge in [-0.2, -0.15) is 4.31 Å². The Hall–Kier alpha value is -3.53. The third kappa shape index (κ3) is 5.64. The van der Waals surface area contributed by atoms with Crippen molar-refractivity contribution in [1.82, 2.24) is 9.29 Å². The van der Waals surface area contributed by atoms with Crippen LogP contribution in [-0.2, 0) is 16.6 Å². The molecule has 0 aliphatic carbocycles. The predicted molar refractivity (Wildman–Crippen MR) is 143 cm³/mol. The Morgan fingerprint density at radius 3 is 2.28 bits per heavy atom. The molecule has 0 unspecified atom stereocenters. The third-order valence-corrected chi connectivity index (χ3v) is 8.51. The van der Waals surface area contributed by atoms with Gasteiger partial charge in [0.05, 0.1) is 17.7 Å². The van der Waals surface area contributed by atoms with Crippen LogP contribution in [0.4, 0.5) is 5.13 Å². The maximum atomic E-state index is 13.2. The predicted octanol–water partition coefficient (Wildman–Crippen LogP) is 5.59. The number of anilines is 1. The first kappa shape index (κ1) is 25.6. The molecule has 1 N–H and O–H groups in total. The quantitative estimate of drug-likeness (QED) is 0.310. The van der Waals surface area contributed by atoms with Gasteiger partial charge in [-0.3, -0.25) is 10.1 Å².